The first kappa shape index (κ1) is 14.4. The van der Waals surface area contributed by atoms with Gasteiger partial charge < -0.3 is 14.9 Å². The van der Waals surface area contributed by atoms with Crippen LogP contribution in [0.1, 0.15) is 5.56 Å². The average Bonchev–Trinajstić information content (AvgIpc) is 2.57. The molecular weight excluding hydrogens is 276 g/mol. The lowest BCUT2D eigenvalue weighted by Crippen LogP contribution is -2.48. The van der Waals surface area contributed by atoms with Crippen LogP contribution in [0.4, 0.5) is 5.69 Å². The van der Waals surface area contributed by atoms with Gasteiger partial charge >= 0.3 is 0 Å². The maximum Gasteiger partial charge on any atom is 0.231 e. The molecule has 1 radical (unpaired) electrons. The van der Waals surface area contributed by atoms with Crippen molar-refractivity contribution in [3.05, 3.63) is 66.6 Å². The summed E-state index contributed by atoms with van der Waals surface area (Å²) in [6.45, 7) is 3.03. The Labute approximate surface area is 130 Å². The Bertz CT molecular complexity index is 617. The van der Waals surface area contributed by atoms with Gasteiger partial charge in [-0.15, -0.1) is 0 Å². The van der Waals surface area contributed by atoms with Crippen molar-refractivity contribution >= 4 is 11.6 Å². The molecule has 0 bridgehead atoms. The maximum absolute atomic E-state index is 12.3. The quantitative estimate of drug-likeness (QED) is 0.945. The fourth-order valence-corrected chi connectivity index (χ4v) is 2.63. The van der Waals surface area contributed by atoms with E-state index in [1.54, 1.807) is 18.6 Å². The Hall–Kier alpha value is -2.49. The summed E-state index contributed by atoms with van der Waals surface area (Å²) in [5.41, 5.74) is 2.02. The van der Waals surface area contributed by atoms with Crippen molar-refractivity contribution in [1.29, 1.82) is 0 Å². The summed E-state index contributed by atoms with van der Waals surface area (Å²) in [6.07, 6.45) is 1.69. The minimum absolute atomic E-state index is 0.0663. The molecule has 2 aromatic rings. The Morgan fingerprint density at radius 1 is 0.909 bits per heavy atom. The third-order valence-electron chi connectivity index (χ3n) is 3.90. The lowest BCUT2D eigenvalue weighted by molar-refractivity contribution is -0.127. The zero-order valence-electron chi connectivity index (χ0n) is 12.4. The molecule has 3 rings (SSSR count). The fraction of sp³-hybridized carbons (Fsp3) is 0.222. The van der Waals surface area contributed by atoms with Crippen LogP contribution in [0.2, 0.25) is 0 Å². The van der Waals surface area contributed by atoms with Gasteiger partial charge in [0.2, 0.25) is 5.91 Å². The summed E-state index contributed by atoms with van der Waals surface area (Å²) in [4.78, 5) is 16.4. The van der Waals surface area contributed by atoms with Crippen molar-refractivity contribution in [3.8, 4) is 5.75 Å². The molecule has 1 heterocycles. The number of aromatic hydroxyl groups is 1. The number of hydrogen-bond donors (Lipinski definition) is 1. The van der Waals surface area contributed by atoms with Gasteiger partial charge in [-0.25, -0.2) is 0 Å². The minimum atomic E-state index is 0.0663. The molecule has 113 valence electrons. The number of nitrogens with zero attached hydrogens (tertiary/aromatic N) is 2. The summed E-state index contributed by atoms with van der Waals surface area (Å²) in [5.74, 6) is 0.339. The molecule has 2 aromatic carbocycles. The number of phenols is 1. The molecule has 0 aliphatic carbocycles. The molecular formula is C18H19N2O2. The summed E-state index contributed by atoms with van der Waals surface area (Å²) in [6, 6.07) is 16.9. The second-order valence-electron chi connectivity index (χ2n) is 5.38. The molecule has 0 aromatic heterocycles. The molecule has 1 aliphatic rings. The lowest BCUT2D eigenvalue weighted by Gasteiger charge is -2.36. The van der Waals surface area contributed by atoms with Crippen LogP contribution < -0.4 is 4.90 Å². The third-order valence-corrected chi connectivity index (χ3v) is 3.90. The monoisotopic (exact) mass is 295 g/mol. The molecule has 1 saturated heterocycles. The molecule has 0 spiro atoms. The first-order valence-electron chi connectivity index (χ1n) is 7.45. The van der Waals surface area contributed by atoms with E-state index in [1.807, 2.05) is 47.4 Å². The van der Waals surface area contributed by atoms with E-state index < -0.39 is 0 Å². The average molecular weight is 295 g/mol. The normalized spacial score (nSPS) is 14.9. The molecule has 22 heavy (non-hydrogen) atoms. The molecule has 0 unspecified atom stereocenters. The first-order chi connectivity index (χ1) is 10.7. The highest BCUT2D eigenvalue weighted by Gasteiger charge is 2.21. The molecule has 1 amide bonds. The van der Waals surface area contributed by atoms with Crippen LogP contribution >= 0.6 is 0 Å². The van der Waals surface area contributed by atoms with Gasteiger partial charge in [-0.3, -0.25) is 4.79 Å². The van der Waals surface area contributed by atoms with Gasteiger partial charge in [-0.05, 0) is 29.8 Å². The number of hydrogen-bond acceptors (Lipinski definition) is 3. The Balaban J connectivity index is 1.55. The topological polar surface area (TPSA) is 43.8 Å². The summed E-state index contributed by atoms with van der Waals surface area (Å²) in [7, 11) is 0. The van der Waals surface area contributed by atoms with E-state index in [-0.39, 0.29) is 11.7 Å². The fourth-order valence-electron chi connectivity index (χ4n) is 2.63. The molecule has 1 aliphatic heterocycles. The van der Waals surface area contributed by atoms with Gasteiger partial charge in [0, 0.05) is 31.9 Å². The standard InChI is InChI=1S/C18H19N2O2/c21-17-8-6-16(7-9-17)19-10-12-20(13-11-19)18(22)14-15-4-2-1-3-5-15/h1-9,14,21H,10-13H2. The van der Waals surface area contributed by atoms with Gasteiger partial charge in [-0.2, -0.15) is 0 Å². The van der Waals surface area contributed by atoms with Gasteiger partial charge in [-0.1, -0.05) is 30.3 Å². The Morgan fingerprint density at radius 3 is 2.18 bits per heavy atom. The van der Waals surface area contributed by atoms with Crippen molar-refractivity contribution in [3.63, 3.8) is 0 Å². The minimum Gasteiger partial charge on any atom is -0.508 e. The molecule has 4 nitrogen and oxygen atoms in total. The van der Waals surface area contributed by atoms with E-state index >= 15 is 0 Å². The van der Waals surface area contributed by atoms with Crippen LogP contribution in [0.25, 0.3) is 0 Å². The largest absolute Gasteiger partial charge is 0.508 e. The smallest absolute Gasteiger partial charge is 0.231 e. The molecule has 1 N–H and O–H groups in total. The molecule has 0 saturated carbocycles. The number of piperazine rings is 1. The van der Waals surface area contributed by atoms with Crippen LogP contribution in [-0.2, 0) is 4.79 Å². The van der Waals surface area contributed by atoms with Crippen molar-refractivity contribution < 1.29 is 9.90 Å². The predicted molar refractivity (Wildman–Crippen MR) is 86.7 cm³/mol. The van der Waals surface area contributed by atoms with E-state index in [4.69, 9.17) is 0 Å². The summed E-state index contributed by atoms with van der Waals surface area (Å²) in [5, 5.41) is 9.33. The van der Waals surface area contributed by atoms with Crippen LogP contribution in [0.5, 0.6) is 5.75 Å². The van der Waals surface area contributed by atoms with E-state index in [0.717, 1.165) is 24.3 Å². The zero-order chi connectivity index (χ0) is 15.4. The Morgan fingerprint density at radius 2 is 1.55 bits per heavy atom. The summed E-state index contributed by atoms with van der Waals surface area (Å²) < 4.78 is 0. The van der Waals surface area contributed by atoms with Gasteiger partial charge in [0.25, 0.3) is 0 Å². The highest BCUT2D eigenvalue weighted by Crippen LogP contribution is 2.20. The number of phenolic OH excluding ortho intramolecular Hbond substituents is 1. The van der Waals surface area contributed by atoms with Gasteiger partial charge in [0.05, 0.1) is 6.42 Å². The van der Waals surface area contributed by atoms with Crippen LogP contribution in [0.15, 0.2) is 54.6 Å². The van der Waals surface area contributed by atoms with E-state index in [1.165, 1.54) is 0 Å². The Kier molecular flexibility index (Phi) is 4.28. The number of rotatable bonds is 3. The van der Waals surface area contributed by atoms with Crippen LogP contribution in [-0.4, -0.2) is 42.1 Å². The van der Waals surface area contributed by atoms with Crippen LogP contribution in [0, 0.1) is 6.42 Å². The number of anilines is 1. The number of carbonyl (C=O) groups excluding carboxylic acids is 1. The second kappa shape index (κ2) is 6.52. The van der Waals surface area contributed by atoms with E-state index in [2.05, 4.69) is 4.90 Å². The lowest BCUT2D eigenvalue weighted by atomic mass is 10.1. The summed E-state index contributed by atoms with van der Waals surface area (Å²) >= 11 is 0. The predicted octanol–water partition coefficient (Wildman–Crippen LogP) is 2.29. The van der Waals surface area contributed by atoms with Crippen LogP contribution in [0.3, 0.4) is 0 Å². The highest BCUT2D eigenvalue weighted by atomic mass is 16.3. The van der Waals surface area contributed by atoms with Crippen molar-refractivity contribution in [1.82, 2.24) is 4.90 Å². The molecule has 4 heteroatoms. The maximum atomic E-state index is 12.3. The zero-order valence-corrected chi connectivity index (χ0v) is 12.4. The van der Waals surface area contributed by atoms with Gasteiger partial charge in [0.1, 0.15) is 5.75 Å². The van der Waals surface area contributed by atoms with E-state index in [9.17, 15) is 9.90 Å². The molecule has 1 fully saturated rings. The third kappa shape index (κ3) is 3.39. The highest BCUT2D eigenvalue weighted by molar-refractivity contribution is 5.88. The SMILES string of the molecule is O=C([CH]c1ccccc1)N1CCN(c2ccc(O)cc2)CC1. The second-order valence-corrected chi connectivity index (χ2v) is 5.38. The van der Waals surface area contributed by atoms with Crippen molar-refractivity contribution in [2.24, 2.45) is 0 Å². The van der Waals surface area contributed by atoms with Crippen molar-refractivity contribution in [2.75, 3.05) is 31.1 Å². The first-order valence-corrected chi connectivity index (χ1v) is 7.45. The number of carbonyl (C=O) groups is 1. The molecule has 0 atom stereocenters. The number of benzene rings is 2. The van der Waals surface area contributed by atoms with Gasteiger partial charge in [0.15, 0.2) is 0 Å². The van der Waals surface area contributed by atoms with E-state index in [0.29, 0.717) is 13.1 Å². The number of amides is 1. The van der Waals surface area contributed by atoms with Crippen molar-refractivity contribution in [2.45, 2.75) is 0 Å².